The number of carbonyl (C=O) groups is 1. The molecule has 1 aromatic carbocycles. The van der Waals surface area contributed by atoms with Gasteiger partial charge in [-0.3, -0.25) is 4.99 Å². The number of hydrogen-bond acceptors (Lipinski definition) is 4. The lowest BCUT2D eigenvalue weighted by Crippen LogP contribution is -2.48. The van der Waals surface area contributed by atoms with Crippen LogP contribution in [0.5, 0.6) is 5.75 Å². The number of amides is 1. The lowest BCUT2D eigenvalue weighted by molar-refractivity contribution is 0.146. The van der Waals surface area contributed by atoms with Crippen molar-refractivity contribution in [2.24, 2.45) is 10.9 Å². The third-order valence-electron chi connectivity index (χ3n) is 3.97. The van der Waals surface area contributed by atoms with Crippen LogP contribution in [-0.2, 0) is 11.2 Å². The average molecular weight is 506 g/mol. The number of alkyl carbamates (subject to hydrolysis) is 1. The van der Waals surface area contributed by atoms with Crippen molar-refractivity contribution in [3.05, 3.63) is 29.8 Å². The summed E-state index contributed by atoms with van der Waals surface area (Å²) in [5, 5.41) is 9.47. The van der Waals surface area contributed by atoms with E-state index < -0.39 is 0 Å². The molecule has 1 atom stereocenters. The van der Waals surface area contributed by atoms with Crippen LogP contribution in [-0.4, -0.2) is 51.9 Å². The Morgan fingerprint density at radius 3 is 2.54 bits per heavy atom. The first-order valence-corrected chi connectivity index (χ1v) is 9.49. The van der Waals surface area contributed by atoms with Gasteiger partial charge in [0.25, 0.3) is 0 Å². The lowest BCUT2D eigenvalue weighted by Gasteiger charge is -2.22. The molecule has 0 spiro atoms. The number of guanidine groups is 1. The Balaban J connectivity index is 0.00000729. The van der Waals surface area contributed by atoms with Crippen LogP contribution < -0.4 is 20.7 Å². The second-order valence-electron chi connectivity index (χ2n) is 6.63. The number of nitrogens with one attached hydrogen (secondary N) is 3. The Bertz CT molecular complexity index is 597. The van der Waals surface area contributed by atoms with Crippen LogP contribution in [0.3, 0.4) is 0 Å². The minimum absolute atomic E-state index is 0. The van der Waals surface area contributed by atoms with Crippen LogP contribution in [0, 0.1) is 5.92 Å². The van der Waals surface area contributed by atoms with Gasteiger partial charge in [0.2, 0.25) is 0 Å². The van der Waals surface area contributed by atoms with Crippen LogP contribution in [0.25, 0.3) is 0 Å². The molecule has 0 aromatic heterocycles. The summed E-state index contributed by atoms with van der Waals surface area (Å²) in [5.41, 5.74) is 1.14. The minimum Gasteiger partial charge on any atom is -0.496 e. The molecule has 28 heavy (non-hydrogen) atoms. The van der Waals surface area contributed by atoms with E-state index in [1.165, 1.54) is 0 Å². The van der Waals surface area contributed by atoms with Crippen molar-refractivity contribution >= 4 is 36.0 Å². The molecule has 0 aliphatic heterocycles. The molecular formula is C20H35IN4O3. The van der Waals surface area contributed by atoms with Gasteiger partial charge in [-0.2, -0.15) is 0 Å². The predicted molar refractivity (Wildman–Crippen MR) is 125 cm³/mol. The molecule has 7 nitrogen and oxygen atoms in total. The third-order valence-corrected chi connectivity index (χ3v) is 3.97. The molecule has 0 fully saturated rings. The molecule has 0 heterocycles. The van der Waals surface area contributed by atoms with Gasteiger partial charge in [0, 0.05) is 26.2 Å². The molecule has 1 unspecified atom stereocenters. The van der Waals surface area contributed by atoms with E-state index in [1.807, 2.05) is 18.2 Å². The molecule has 0 saturated carbocycles. The third kappa shape index (κ3) is 10.6. The summed E-state index contributed by atoms with van der Waals surface area (Å²) < 4.78 is 10.4. The second kappa shape index (κ2) is 15.2. The maximum absolute atomic E-state index is 11.7. The van der Waals surface area contributed by atoms with Crippen LogP contribution in [0.2, 0.25) is 0 Å². The number of carbonyl (C=O) groups excluding carboxylic acids is 1. The molecule has 0 aliphatic rings. The van der Waals surface area contributed by atoms with Crippen molar-refractivity contribution in [3.63, 3.8) is 0 Å². The summed E-state index contributed by atoms with van der Waals surface area (Å²) in [6.07, 6.45) is 1.29. The number of methoxy groups -OCH3 is 1. The molecule has 0 radical (unpaired) electrons. The molecular weight excluding hydrogens is 471 g/mol. The summed E-state index contributed by atoms with van der Waals surface area (Å²) in [4.78, 5) is 16.0. The number of rotatable bonds is 10. The smallest absolute Gasteiger partial charge is 0.407 e. The summed E-state index contributed by atoms with van der Waals surface area (Å²) in [6, 6.07) is 7.94. The van der Waals surface area contributed by atoms with E-state index in [0.29, 0.717) is 25.0 Å². The molecule has 1 amide bonds. The topological polar surface area (TPSA) is 84.0 Å². The van der Waals surface area contributed by atoms with Gasteiger partial charge in [-0.1, -0.05) is 32.0 Å². The highest BCUT2D eigenvalue weighted by atomic mass is 127. The number of ether oxygens (including phenoxy) is 2. The van der Waals surface area contributed by atoms with Gasteiger partial charge in [0.15, 0.2) is 5.96 Å². The van der Waals surface area contributed by atoms with E-state index in [4.69, 9.17) is 9.47 Å². The molecule has 0 saturated heterocycles. The fourth-order valence-electron chi connectivity index (χ4n) is 2.77. The Morgan fingerprint density at radius 2 is 1.93 bits per heavy atom. The number of halogens is 1. The van der Waals surface area contributed by atoms with E-state index in [-0.39, 0.29) is 36.1 Å². The largest absolute Gasteiger partial charge is 0.496 e. The minimum atomic E-state index is -0.385. The lowest BCUT2D eigenvalue weighted by atomic mass is 10.0. The fraction of sp³-hybridized carbons (Fsp3) is 0.600. The SMILES string of the molecule is CCOC(=O)NC(CNC(=NC)NCCc1ccccc1OC)CC(C)C.I. The molecule has 0 aliphatic carbocycles. The summed E-state index contributed by atoms with van der Waals surface area (Å²) in [5.74, 6) is 2.04. The monoisotopic (exact) mass is 506 g/mol. The van der Waals surface area contributed by atoms with Gasteiger partial charge < -0.3 is 25.4 Å². The maximum Gasteiger partial charge on any atom is 0.407 e. The number of benzene rings is 1. The number of para-hydroxylation sites is 1. The zero-order chi connectivity index (χ0) is 20.1. The quantitative estimate of drug-likeness (QED) is 0.258. The molecule has 8 heteroatoms. The van der Waals surface area contributed by atoms with Gasteiger partial charge >= 0.3 is 6.09 Å². The molecule has 1 rings (SSSR count). The Hall–Kier alpha value is -1.71. The van der Waals surface area contributed by atoms with E-state index in [2.05, 4.69) is 40.9 Å². The average Bonchev–Trinajstić information content (AvgIpc) is 2.64. The van der Waals surface area contributed by atoms with Crippen molar-refractivity contribution in [2.75, 3.05) is 33.9 Å². The number of hydrogen-bond donors (Lipinski definition) is 3. The molecule has 3 N–H and O–H groups in total. The predicted octanol–water partition coefficient (Wildman–Crippen LogP) is 3.18. The van der Waals surface area contributed by atoms with E-state index in [1.54, 1.807) is 21.1 Å². The Morgan fingerprint density at radius 1 is 1.21 bits per heavy atom. The first-order chi connectivity index (χ1) is 13.0. The van der Waals surface area contributed by atoms with E-state index in [9.17, 15) is 4.79 Å². The zero-order valence-electron chi connectivity index (χ0n) is 17.6. The highest BCUT2D eigenvalue weighted by Gasteiger charge is 2.15. The highest BCUT2D eigenvalue weighted by Crippen LogP contribution is 2.17. The van der Waals surface area contributed by atoms with Crippen molar-refractivity contribution in [1.82, 2.24) is 16.0 Å². The number of aliphatic imine (C=N–C) groups is 1. The Kier molecular flexibility index (Phi) is 14.3. The van der Waals surface area contributed by atoms with E-state index >= 15 is 0 Å². The van der Waals surface area contributed by atoms with Crippen LogP contribution >= 0.6 is 24.0 Å². The maximum atomic E-state index is 11.7. The first kappa shape index (κ1) is 26.3. The summed E-state index contributed by atoms with van der Waals surface area (Å²) >= 11 is 0. The van der Waals surface area contributed by atoms with E-state index in [0.717, 1.165) is 30.7 Å². The van der Waals surface area contributed by atoms with Crippen molar-refractivity contribution < 1.29 is 14.3 Å². The van der Waals surface area contributed by atoms with Gasteiger partial charge in [0.05, 0.1) is 13.7 Å². The molecule has 0 bridgehead atoms. The van der Waals surface area contributed by atoms with Crippen molar-refractivity contribution in [1.29, 1.82) is 0 Å². The highest BCUT2D eigenvalue weighted by molar-refractivity contribution is 14.0. The van der Waals surface area contributed by atoms with Gasteiger partial charge in [0.1, 0.15) is 5.75 Å². The summed E-state index contributed by atoms with van der Waals surface area (Å²) in [7, 11) is 3.41. The molecule has 1 aromatic rings. The molecule has 160 valence electrons. The van der Waals surface area contributed by atoms with Gasteiger partial charge in [-0.15, -0.1) is 24.0 Å². The van der Waals surface area contributed by atoms with Crippen LogP contribution in [0.4, 0.5) is 4.79 Å². The van der Waals surface area contributed by atoms with Crippen LogP contribution in [0.15, 0.2) is 29.3 Å². The normalized spacial score (nSPS) is 12.0. The van der Waals surface area contributed by atoms with Gasteiger partial charge in [-0.25, -0.2) is 4.79 Å². The van der Waals surface area contributed by atoms with Gasteiger partial charge in [-0.05, 0) is 37.3 Å². The first-order valence-electron chi connectivity index (χ1n) is 9.49. The summed E-state index contributed by atoms with van der Waals surface area (Å²) in [6.45, 7) is 7.70. The fourth-order valence-corrected chi connectivity index (χ4v) is 2.77. The van der Waals surface area contributed by atoms with Crippen LogP contribution in [0.1, 0.15) is 32.8 Å². The number of nitrogens with zero attached hydrogens (tertiary/aromatic N) is 1. The van der Waals surface area contributed by atoms with Crippen molar-refractivity contribution in [2.45, 2.75) is 39.7 Å². The second-order valence-corrected chi connectivity index (χ2v) is 6.63. The van der Waals surface area contributed by atoms with Crippen molar-refractivity contribution in [3.8, 4) is 5.75 Å². The zero-order valence-corrected chi connectivity index (χ0v) is 19.9. The standard InChI is InChI=1S/C20H34N4O3.HI/c1-6-27-20(25)24-17(13-15(2)3)14-23-19(21-4)22-12-11-16-9-7-8-10-18(16)26-5;/h7-10,15,17H,6,11-14H2,1-5H3,(H,24,25)(H2,21,22,23);1H. The Labute approximate surface area is 186 Å².